The molecule has 28 heavy (non-hydrogen) atoms. The molecule has 4 aromatic carbocycles. The molecule has 4 nitrogen and oxygen atoms in total. The Bertz CT molecular complexity index is 1120. The van der Waals surface area contributed by atoms with Crippen LogP contribution in [-0.4, -0.2) is 26.2 Å². The molecule has 0 saturated heterocycles. The molecule has 0 aromatic heterocycles. The molecule has 0 heterocycles. The third kappa shape index (κ3) is 3.45. The summed E-state index contributed by atoms with van der Waals surface area (Å²) in [6.07, 6.45) is 1.73. The minimum Gasteiger partial charge on any atom is -0.378 e. The summed E-state index contributed by atoms with van der Waals surface area (Å²) in [4.78, 5) is 14.4. The number of benzene rings is 4. The molecule has 0 spiro atoms. The van der Waals surface area contributed by atoms with Crippen LogP contribution in [0.1, 0.15) is 15.9 Å². The topological polar surface area (TPSA) is 44.7 Å². The number of amides is 1. The van der Waals surface area contributed by atoms with E-state index in [-0.39, 0.29) is 5.91 Å². The Balaban J connectivity index is 1.63. The third-order valence-electron chi connectivity index (χ3n) is 4.82. The van der Waals surface area contributed by atoms with Gasteiger partial charge in [-0.2, -0.15) is 5.10 Å². The molecule has 0 radical (unpaired) electrons. The molecule has 4 aromatic rings. The number of nitrogens with one attached hydrogen (secondary N) is 1. The van der Waals surface area contributed by atoms with Crippen molar-refractivity contribution in [1.82, 2.24) is 5.43 Å². The summed E-state index contributed by atoms with van der Waals surface area (Å²) in [6.45, 7) is 0. The molecular formula is C24H21N3O. The Labute approximate surface area is 164 Å². The summed E-state index contributed by atoms with van der Waals surface area (Å²) in [5, 5.41) is 8.75. The highest BCUT2D eigenvalue weighted by Crippen LogP contribution is 2.27. The summed E-state index contributed by atoms with van der Waals surface area (Å²) < 4.78 is 0. The number of anilines is 1. The lowest BCUT2D eigenvalue weighted by molar-refractivity contribution is 0.0955. The van der Waals surface area contributed by atoms with Crippen LogP contribution in [0.2, 0.25) is 0 Å². The van der Waals surface area contributed by atoms with Crippen molar-refractivity contribution < 1.29 is 4.79 Å². The molecule has 138 valence electrons. The van der Waals surface area contributed by atoms with Crippen molar-refractivity contribution in [2.75, 3.05) is 19.0 Å². The van der Waals surface area contributed by atoms with Crippen molar-refractivity contribution in [2.24, 2.45) is 5.10 Å². The first-order valence-corrected chi connectivity index (χ1v) is 9.15. The number of nitrogens with zero attached hydrogens (tertiary/aromatic N) is 2. The van der Waals surface area contributed by atoms with E-state index in [9.17, 15) is 4.79 Å². The third-order valence-corrected chi connectivity index (χ3v) is 4.82. The molecule has 4 rings (SSSR count). The van der Waals surface area contributed by atoms with Gasteiger partial charge in [-0.25, -0.2) is 5.43 Å². The predicted octanol–water partition coefficient (Wildman–Crippen LogP) is 4.82. The molecule has 0 unspecified atom stereocenters. The Morgan fingerprint density at radius 1 is 0.857 bits per heavy atom. The molecule has 0 fully saturated rings. The average molecular weight is 367 g/mol. The Morgan fingerprint density at radius 2 is 1.43 bits per heavy atom. The lowest BCUT2D eigenvalue weighted by Crippen LogP contribution is -2.18. The fraction of sp³-hybridized carbons (Fsp3) is 0.0833. The van der Waals surface area contributed by atoms with E-state index >= 15 is 0 Å². The number of hydrogen-bond donors (Lipinski definition) is 1. The van der Waals surface area contributed by atoms with Gasteiger partial charge in [0.15, 0.2) is 0 Å². The fourth-order valence-electron chi connectivity index (χ4n) is 3.32. The van der Waals surface area contributed by atoms with Gasteiger partial charge in [0.05, 0.1) is 6.21 Å². The van der Waals surface area contributed by atoms with Gasteiger partial charge in [-0.15, -0.1) is 0 Å². The Morgan fingerprint density at radius 3 is 2.00 bits per heavy atom. The second-order valence-corrected chi connectivity index (χ2v) is 6.87. The number of hydrazone groups is 1. The summed E-state index contributed by atoms with van der Waals surface area (Å²) in [5.74, 6) is -0.230. The maximum Gasteiger partial charge on any atom is 0.271 e. The van der Waals surface area contributed by atoms with Gasteiger partial charge in [0.2, 0.25) is 0 Å². The molecule has 4 heteroatoms. The molecule has 0 aliphatic heterocycles. The van der Waals surface area contributed by atoms with Gasteiger partial charge in [0.1, 0.15) is 0 Å². The molecule has 1 N–H and O–H groups in total. The molecule has 1 amide bonds. The van der Waals surface area contributed by atoms with Gasteiger partial charge in [-0.05, 0) is 51.9 Å². The van der Waals surface area contributed by atoms with Crippen molar-refractivity contribution in [3.8, 4) is 0 Å². The number of carbonyl (C=O) groups excluding carboxylic acids is 1. The van der Waals surface area contributed by atoms with E-state index in [2.05, 4.69) is 40.9 Å². The Hall–Kier alpha value is -3.66. The van der Waals surface area contributed by atoms with Gasteiger partial charge < -0.3 is 4.90 Å². The van der Waals surface area contributed by atoms with Gasteiger partial charge in [0, 0.05) is 30.9 Å². The Kier molecular flexibility index (Phi) is 4.77. The minimum absolute atomic E-state index is 0.230. The first kappa shape index (κ1) is 17.7. The summed E-state index contributed by atoms with van der Waals surface area (Å²) in [6, 6.07) is 26.0. The standard InChI is InChI=1S/C24H21N3O/c1-27(2)20-13-11-17(12-14-20)24(28)26-25-16-23-21-9-5-3-7-18(21)15-19-8-4-6-10-22(19)23/h3-16H,1-2H3,(H,26,28)/b25-16+. The van der Waals surface area contributed by atoms with Crippen molar-refractivity contribution in [3.63, 3.8) is 0 Å². The fourth-order valence-corrected chi connectivity index (χ4v) is 3.32. The van der Waals surface area contributed by atoms with Gasteiger partial charge in [-0.3, -0.25) is 4.79 Å². The zero-order chi connectivity index (χ0) is 19.5. The molecule has 0 aliphatic rings. The number of rotatable bonds is 4. The van der Waals surface area contributed by atoms with Gasteiger partial charge in [-0.1, -0.05) is 48.5 Å². The zero-order valence-corrected chi connectivity index (χ0v) is 15.9. The van der Waals surface area contributed by atoms with E-state index in [1.165, 1.54) is 0 Å². The quantitative estimate of drug-likeness (QED) is 0.319. The summed E-state index contributed by atoms with van der Waals surface area (Å²) in [7, 11) is 3.93. The first-order chi connectivity index (χ1) is 13.6. The minimum atomic E-state index is -0.230. The van der Waals surface area contributed by atoms with Gasteiger partial charge in [0.25, 0.3) is 5.91 Å². The monoisotopic (exact) mass is 367 g/mol. The van der Waals surface area contributed by atoms with Crippen LogP contribution >= 0.6 is 0 Å². The van der Waals surface area contributed by atoms with E-state index in [0.717, 1.165) is 32.8 Å². The maximum atomic E-state index is 12.4. The highest BCUT2D eigenvalue weighted by molar-refractivity contribution is 6.13. The number of carbonyl (C=O) groups is 1. The second-order valence-electron chi connectivity index (χ2n) is 6.87. The van der Waals surface area contributed by atoms with E-state index in [0.29, 0.717) is 5.56 Å². The second kappa shape index (κ2) is 7.53. The molecule has 0 bridgehead atoms. The SMILES string of the molecule is CN(C)c1ccc(C(=O)N/N=C/c2c3ccccc3cc3ccccc23)cc1. The number of hydrogen-bond acceptors (Lipinski definition) is 3. The lowest BCUT2D eigenvalue weighted by atomic mass is 9.97. The molecule has 0 atom stereocenters. The van der Waals surface area contributed by atoms with E-state index < -0.39 is 0 Å². The van der Waals surface area contributed by atoms with E-state index in [1.807, 2.05) is 55.4 Å². The van der Waals surface area contributed by atoms with Crippen LogP contribution in [0.3, 0.4) is 0 Å². The van der Waals surface area contributed by atoms with Gasteiger partial charge >= 0.3 is 0 Å². The summed E-state index contributed by atoms with van der Waals surface area (Å²) >= 11 is 0. The zero-order valence-electron chi connectivity index (χ0n) is 15.9. The van der Waals surface area contributed by atoms with Crippen molar-refractivity contribution >= 4 is 39.4 Å². The predicted molar refractivity (Wildman–Crippen MR) is 117 cm³/mol. The first-order valence-electron chi connectivity index (χ1n) is 9.15. The largest absolute Gasteiger partial charge is 0.378 e. The maximum absolute atomic E-state index is 12.4. The van der Waals surface area contributed by atoms with Crippen LogP contribution in [-0.2, 0) is 0 Å². The molecular weight excluding hydrogens is 346 g/mol. The summed E-state index contributed by atoms with van der Waals surface area (Å²) in [5.41, 5.74) is 5.26. The highest BCUT2D eigenvalue weighted by atomic mass is 16.2. The average Bonchev–Trinajstić information content (AvgIpc) is 2.73. The van der Waals surface area contributed by atoms with Crippen molar-refractivity contribution in [2.45, 2.75) is 0 Å². The van der Waals surface area contributed by atoms with Crippen LogP contribution in [0.25, 0.3) is 21.5 Å². The van der Waals surface area contributed by atoms with E-state index in [1.54, 1.807) is 18.3 Å². The van der Waals surface area contributed by atoms with Crippen LogP contribution in [0.4, 0.5) is 5.69 Å². The highest BCUT2D eigenvalue weighted by Gasteiger charge is 2.07. The van der Waals surface area contributed by atoms with Crippen LogP contribution in [0.5, 0.6) is 0 Å². The normalized spacial score (nSPS) is 11.2. The van der Waals surface area contributed by atoms with Crippen molar-refractivity contribution in [1.29, 1.82) is 0 Å². The van der Waals surface area contributed by atoms with Crippen LogP contribution in [0, 0.1) is 0 Å². The molecule has 0 aliphatic carbocycles. The van der Waals surface area contributed by atoms with Crippen molar-refractivity contribution in [3.05, 3.63) is 90.0 Å². The van der Waals surface area contributed by atoms with E-state index in [4.69, 9.17) is 0 Å². The smallest absolute Gasteiger partial charge is 0.271 e. The van der Waals surface area contributed by atoms with Crippen LogP contribution < -0.4 is 10.3 Å². The van der Waals surface area contributed by atoms with Crippen LogP contribution in [0.15, 0.2) is 84.0 Å². The molecule has 0 saturated carbocycles. The number of fused-ring (bicyclic) bond motifs is 2. The lowest BCUT2D eigenvalue weighted by Gasteiger charge is -2.12.